The molecule has 0 saturated carbocycles. The highest BCUT2D eigenvalue weighted by atomic mass is 16.1. The summed E-state index contributed by atoms with van der Waals surface area (Å²) >= 11 is 0. The van der Waals surface area contributed by atoms with E-state index in [1.807, 2.05) is 78.9 Å². The van der Waals surface area contributed by atoms with Crippen molar-refractivity contribution in [2.45, 2.75) is 13.0 Å². The molecule has 4 aromatic rings. The molecule has 6 heteroatoms. The van der Waals surface area contributed by atoms with E-state index in [4.69, 9.17) is 10.7 Å². The number of carbonyl (C=O) groups excluding carboxylic acids is 1. The fraction of sp³-hybridized carbons (Fsp3) is 0.115. The molecule has 2 aromatic heterocycles. The minimum atomic E-state index is 0.413. The lowest BCUT2D eigenvalue weighted by Gasteiger charge is -2.21. The van der Waals surface area contributed by atoms with Crippen LogP contribution in [0.1, 0.15) is 11.1 Å². The number of amides is 1. The Kier molecular flexibility index (Phi) is 6.72. The van der Waals surface area contributed by atoms with Crippen LogP contribution in [0, 0.1) is 0 Å². The number of nitrogens with zero attached hydrogens (tertiary/aromatic N) is 3. The minimum absolute atomic E-state index is 0.413. The molecule has 3 N–H and O–H groups in total. The van der Waals surface area contributed by atoms with Crippen molar-refractivity contribution >= 4 is 23.6 Å². The lowest BCUT2D eigenvalue weighted by atomic mass is 10.1. The van der Waals surface area contributed by atoms with Gasteiger partial charge in [-0.15, -0.1) is 0 Å². The maximum absolute atomic E-state index is 12.0. The van der Waals surface area contributed by atoms with Gasteiger partial charge in [0.15, 0.2) is 5.82 Å². The molecule has 0 aliphatic heterocycles. The summed E-state index contributed by atoms with van der Waals surface area (Å²) in [6, 6.07) is 25.5. The van der Waals surface area contributed by atoms with Gasteiger partial charge in [-0.2, -0.15) is 0 Å². The molecule has 0 bridgehead atoms. The molecule has 0 aliphatic rings. The van der Waals surface area contributed by atoms with Crippen LogP contribution < -0.4 is 16.0 Å². The number of hydrogen-bond donors (Lipinski definition) is 2. The van der Waals surface area contributed by atoms with Gasteiger partial charge in [-0.25, -0.2) is 4.98 Å². The minimum Gasteiger partial charge on any atom is -0.399 e. The zero-order chi connectivity index (χ0) is 22.2. The van der Waals surface area contributed by atoms with Crippen molar-refractivity contribution < 1.29 is 4.79 Å². The van der Waals surface area contributed by atoms with Crippen molar-refractivity contribution in [3.63, 3.8) is 0 Å². The Labute approximate surface area is 187 Å². The number of pyridine rings is 2. The van der Waals surface area contributed by atoms with Crippen LogP contribution in [0.2, 0.25) is 0 Å². The largest absolute Gasteiger partial charge is 0.399 e. The van der Waals surface area contributed by atoms with E-state index in [0.29, 0.717) is 18.9 Å². The van der Waals surface area contributed by atoms with E-state index < -0.39 is 0 Å². The second-order valence-electron chi connectivity index (χ2n) is 7.44. The summed E-state index contributed by atoms with van der Waals surface area (Å²) in [7, 11) is 0. The number of nitrogens with two attached hydrogens (primary N) is 1. The molecule has 0 radical (unpaired) electrons. The van der Waals surface area contributed by atoms with Gasteiger partial charge in [0.05, 0.1) is 17.9 Å². The first-order valence-electron chi connectivity index (χ1n) is 10.5. The number of hydrogen-bond acceptors (Lipinski definition) is 5. The van der Waals surface area contributed by atoms with Gasteiger partial charge < -0.3 is 16.0 Å². The summed E-state index contributed by atoms with van der Waals surface area (Å²) in [4.78, 5) is 22.6. The number of benzene rings is 2. The summed E-state index contributed by atoms with van der Waals surface area (Å²) < 4.78 is 0. The van der Waals surface area contributed by atoms with E-state index in [0.717, 1.165) is 41.0 Å². The molecule has 0 aliphatic carbocycles. The van der Waals surface area contributed by atoms with E-state index in [1.165, 1.54) is 5.56 Å². The van der Waals surface area contributed by atoms with Gasteiger partial charge in [-0.3, -0.25) is 9.78 Å². The molecular formula is C26H25N5O. The highest BCUT2D eigenvalue weighted by Gasteiger charge is 2.14. The molecule has 0 spiro atoms. The van der Waals surface area contributed by atoms with Crippen LogP contribution >= 0.6 is 0 Å². The number of carbonyl (C=O) groups is 1. The maximum Gasteiger partial charge on any atom is 0.214 e. The molecule has 1 amide bonds. The van der Waals surface area contributed by atoms with Gasteiger partial charge in [0.25, 0.3) is 0 Å². The fourth-order valence-corrected chi connectivity index (χ4v) is 3.46. The van der Waals surface area contributed by atoms with Crippen LogP contribution in [0.15, 0.2) is 91.3 Å². The molecule has 4 rings (SSSR count). The normalized spacial score (nSPS) is 10.5. The molecule has 0 saturated heterocycles. The van der Waals surface area contributed by atoms with Crippen LogP contribution in [-0.2, 0) is 17.8 Å². The van der Waals surface area contributed by atoms with E-state index in [1.54, 1.807) is 17.3 Å². The van der Waals surface area contributed by atoms with Crippen molar-refractivity contribution in [3.05, 3.63) is 102 Å². The number of aromatic nitrogens is 2. The third-order valence-electron chi connectivity index (χ3n) is 5.14. The Balaban J connectivity index is 1.60. The molecule has 6 nitrogen and oxygen atoms in total. The second-order valence-corrected chi connectivity index (χ2v) is 7.44. The summed E-state index contributed by atoms with van der Waals surface area (Å²) in [6.45, 7) is 1.08. The lowest BCUT2D eigenvalue weighted by molar-refractivity contribution is -0.107. The third-order valence-corrected chi connectivity index (χ3v) is 5.14. The van der Waals surface area contributed by atoms with Gasteiger partial charge >= 0.3 is 0 Å². The predicted octanol–water partition coefficient (Wildman–Crippen LogP) is 4.54. The summed E-state index contributed by atoms with van der Waals surface area (Å²) in [6.07, 6.45) is 5.11. The average Bonchev–Trinajstić information content (AvgIpc) is 2.85. The van der Waals surface area contributed by atoms with E-state index in [2.05, 4.69) is 10.3 Å². The molecule has 2 aromatic carbocycles. The Bertz CT molecular complexity index is 1150. The van der Waals surface area contributed by atoms with Crippen LogP contribution in [0.25, 0.3) is 11.3 Å². The first-order valence-corrected chi connectivity index (χ1v) is 10.5. The SMILES string of the molecule is Nc1ccc(CCNc2nc(-c3ccccc3)ccc2N(C=O)Cc2cccnc2)cc1. The highest BCUT2D eigenvalue weighted by Crippen LogP contribution is 2.29. The molecule has 2 heterocycles. The van der Waals surface area contributed by atoms with Crippen molar-refractivity contribution in [3.8, 4) is 11.3 Å². The van der Waals surface area contributed by atoms with Crippen molar-refractivity contribution in [2.24, 2.45) is 0 Å². The van der Waals surface area contributed by atoms with Gasteiger partial charge in [0, 0.05) is 30.2 Å². The number of nitrogens with one attached hydrogen (secondary N) is 1. The fourth-order valence-electron chi connectivity index (χ4n) is 3.46. The molecule has 32 heavy (non-hydrogen) atoms. The number of rotatable bonds is 9. The Morgan fingerprint density at radius 3 is 2.44 bits per heavy atom. The Morgan fingerprint density at radius 1 is 0.906 bits per heavy atom. The van der Waals surface area contributed by atoms with E-state index >= 15 is 0 Å². The average molecular weight is 424 g/mol. The van der Waals surface area contributed by atoms with Gasteiger partial charge in [-0.1, -0.05) is 48.5 Å². The monoisotopic (exact) mass is 423 g/mol. The van der Waals surface area contributed by atoms with Crippen LogP contribution in [0.3, 0.4) is 0 Å². The smallest absolute Gasteiger partial charge is 0.214 e. The van der Waals surface area contributed by atoms with E-state index in [9.17, 15) is 4.79 Å². The Hall–Kier alpha value is -4.19. The zero-order valence-electron chi connectivity index (χ0n) is 17.7. The predicted molar refractivity (Wildman–Crippen MR) is 129 cm³/mol. The standard InChI is InChI=1S/C26H25N5O/c27-23-10-8-20(9-11-23)14-16-29-26-25(31(19-32)18-21-5-4-15-28-17-21)13-12-24(30-26)22-6-2-1-3-7-22/h1-13,15,17,19H,14,16,18,27H2,(H,29,30). The van der Waals surface area contributed by atoms with Crippen molar-refractivity contribution in [2.75, 3.05) is 22.5 Å². The summed E-state index contributed by atoms with van der Waals surface area (Å²) in [5.41, 5.74) is 11.2. The number of nitrogen functional groups attached to an aromatic ring is 1. The molecule has 0 atom stereocenters. The van der Waals surface area contributed by atoms with Gasteiger partial charge in [-0.05, 0) is 47.9 Å². The topological polar surface area (TPSA) is 84.1 Å². The third kappa shape index (κ3) is 5.29. The summed E-state index contributed by atoms with van der Waals surface area (Å²) in [5.74, 6) is 0.665. The first kappa shape index (κ1) is 21.1. The molecule has 160 valence electrons. The van der Waals surface area contributed by atoms with Crippen molar-refractivity contribution in [1.82, 2.24) is 9.97 Å². The highest BCUT2D eigenvalue weighted by molar-refractivity contribution is 5.83. The van der Waals surface area contributed by atoms with Gasteiger partial charge in [0.1, 0.15) is 0 Å². The van der Waals surface area contributed by atoms with Gasteiger partial charge in [0.2, 0.25) is 6.41 Å². The van der Waals surface area contributed by atoms with Crippen LogP contribution in [0.5, 0.6) is 0 Å². The Morgan fingerprint density at radius 2 is 1.72 bits per heavy atom. The molecule has 0 fully saturated rings. The lowest BCUT2D eigenvalue weighted by Crippen LogP contribution is -2.23. The quantitative estimate of drug-likeness (QED) is 0.305. The maximum atomic E-state index is 12.0. The van der Waals surface area contributed by atoms with Crippen LogP contribution in [-0.4, -0.2) is 22.9 Å². The zero-order valence-corrected chi connectivity index (χ0v) is 17.7. The second kappa shape index (κ2) is 10.2. The van der Waals surface area contributed by atoms with E-state index in [-0.39, 0.29) is 0 Å². The summed E-state index contributed by atoms with van der Waals surface area (Å²) in [5, 5.41) is 3.43. The number of anilines is 3. The first-order chi connectivity index (χ1) is 15.7. The molecule has 0 unspecified atom stereocenters. The van der Waals surface area contributed by atoms with Crippen molar-refractivity contribution in [1.29, 1.82) is 0 Å². The molecular weight excluding hydrogens is 398 g/mol. The van der Waals surface area contributed by atoms with Crippen LogP contribution in [0.4, 0.5) is 17.2 Å².